The smallest absolute Gasteiger partial charge is 0.325 e. The molecule has 0 radical (unpaired) electrons. The monoisotopic (exact) mass is 431 g/mol. The summed E-state index contributed by atoms with van der Waals surface area (Å²) in [5, 5.41) is 17.5. The average Bonchev–Trinajstić information content (AvgIpc) is 3.13. The minimum Gasteiger partial charge on any atom is -0.480 e. The van der Waals surface area contributed by atoms with E-state index in [1.165, 1.54) is 6.92 Å². The zero-order chi connectivity index (χ0) is 23.1. The van der Waals surface area contributed by atoms with Crippen molar-refractivity contribution in [3.8, 4) is 0 Å². The number of aromatic amines is 1. The number of benzene rings is 1. The van der Waals surface area contributed by atoms with Gasteiger partial charge in [-0.3, -0.25) is 19.2 Å². The lowest BCUT2D eigenvalue weighted by atomic mass is 10.0. The first kappa shape index (κ1) is 23.9. The van der Waals surface area contributed by atoms with Crippen LogP contribution < -0.4 is 21.7 Å². The van der Waals surface area contributed by atoms with Crippen molar-refractivity contribution in [3.63, 3.8) is 0 Å². The van der Waals surface area contributed by atoms with Gasteiger partial charge >= 0.3 is 5.97 Å². The highest BCUT2D eigenvalue weighted by Crippen LogP contribution is 2.19. The molecule has 2 aromatic rings. The molecule has 0 spiro atoms. The van der Waals surface area contributed by atoms with Gasteiger partial charge in [-0.1, -0.05) is 32.0 Å². The van der Waals surface area contributed by atoms with Gasteiger partial charge in [-0.05, 0) is 24.5 Å². The maximum atomic E-state index is 13.0. The molecule has 0 aliphatic carbocycles. The Morgan fingerprint density at radius 3 is 2.32 bits per heavy atom. The van der Waals surface area contributed by atoms with Gasteiger partial charge in [0.15, 0.2) is 0 Å². The lowest BCUT2D eigenvalue weighted by molar-refractivity contribution is -0.142. The number of carboxylic acid groups (broad SMARTS) is 1. The number of rotatable bonds is 10. The molecule has 3 unspecified atom stereocenters. The van der Waals surface area contributed by atoms with E-state index in [9.17, 15) is 19.2 Å². The van der Waals surface area contributed by atoms with E-state index >= 15 is 0 Å². The van der Waals surface area contributed by atoms with Crippen molar-refractivity contribution in [1.29, 1.82) is 0 Å². The molecular weight excluding hydrogens is 402 g/mol. The Balaban J connectivity index is 2.21. The molecule has 1 aromatic heterocycles. The fourth-order valence-electron chi connectivity index (χ4n) is 3.14. The number of hydrogen-bond acceptors (Lipinski definition) is 5. The van der Waals surface area contributed by atoms with Gasteiger partial charge in [0.2, 0.25) is 17.7 Å². The van der Waals surface area contributed by atoms with Gasteiger partial charge in [0.25, 0.3) is 0 Å². The number of fused-ring (bicyclic) bond motifs is 1. The molecular formula is C21H29N5O5. The second-order valence-electron chi connectivity index (χ2n) is 7.69. The van der Waals surface area contributed by atoms with Crippen LogP contribution in [0.2, 0.25) is 0 Å². The minimum absolute atomic E-state index is 0.180. The van der Waals surface area contributed by atoms with Gasteiger partial charge in [0.05, 0.1) is 6.54 Å². The fourth-order valence-corrected chi connectivity index (χ4v) is 3.14. The van der Waals surface area contributed by atoms with E-state index in [0.29, 0.717) is 0 Å². The van der Waals surface area contributed by atoms with Gasteiger partial charge in [-0.25, -0.2) is 0 Å². The van der Waals surface area contributed by atoms with Crippen molar-refractivity contribution in [2.24, 2.45) is 11.7 Å². The molecule has 0 bridgehead atoms. The largest absolute Gasteiger partial charge is 0.480 e. The van der Waals surface area contributed by atoms with Crippen molar-refractivity contribution in [2.75, 3.05) is 6.54 Å². The molecule has 10 nitrogen and oxygen atoms in total. The summed E-state index contributed by atoms with van der Waals surface area (Å²) in [6.45, 7) is 4.49. The molecule has 3 amide bonds. The Bertz CT molecular complexity index is 955. The van der Waals surface area contributed by atoms with E-state index in [4.69, 9.17) is 10.8 Å². The Kier molecular flexibility index (Phi) is 8.14. The third kappa shape index (κ3) is 6.29. The second-order valence-corrected chi connectivity index (χ2v) is 7.69. The van der Waals surface area contributed by atoms with Gasteiger partial charge in [0.1, 0.15) is 18.1 Å². The van der Waals surface area contributed by atoms with Crippen LogP contribution in [0.3, 0.4) is 0 Å². The second kappa shape index (κ2) is 10.6. The van der Waals surface area contributed by atoms with Crippen molar-refractivity contribution in [2.45, 2.75) is 45.3 Å². The van der Waals surface area contributed by atoms with Crippen LogP contribution >= 0.6 is 0 Å². The maximum Gasteiger partial charge on any atom is 0.325 e. The van der Waals surface area contributed by atoms with Crippen molar-refractivity contribution < 1.29 is 24.3 Å². The highest BCUT2D eigenvalue weighted by molar-refractivity contribution is 5.94. The fraction of sp³-hybridized carbons (Fsp3) is 0.429. The highest BCUT2D eigenvalue weighted by Gasteiger charge is 2.30. The van der Waals surface area contributed by atoms with Crippen LogP contribution in [0, 0.1) is 5.92 Å². The first-order valence-corrected chi connectivity index (χ1v) is 10.0. The van der Waals surface area contributed by atoms with E-state index in [0.717, 1.165) is 16.5 Å². The summed E-state index contributed by atoms with van der Waals surface area (Å²) in [6.07, 6.45) is 1.94. The van der Waals surface area contributed by atoms with Gasteiger partial charge < -0.3 is 31.8 Å². The predicted molar refractivity (Wildman–Crippen MR) is 115 cm³/mol. The molecule has 3 atom stereocenters. The number of hydrogen-bond donors (Lipinski definition) is 6. The quantitative estimate of drug-likeness (QED) is 0.307. The van der Waals surface area contributed by atoms with Crippen LogP contribution in [0.1, 0.15) is 26.3 Å². The lowest BCUT2D eigenvalue weighted by Crippen LogP contribution is -2.57. The number of carbonyl (C=O) groups excluding carboxylic acids is 3. The highest BCUT2D eigenvalue weighted by atomic mass is 16.4. The number of aliphatic carboxylic acids is 1. The topological polar surface area (TPSA) is 166 Å². The van der Waals surface area contributed by atoms with Gasteiger partial charge in [0, 0.05) is 23.5 Å². The molecule has 10 heteroatoms. The molecule has 0 saturated carbocycles. The molecule has 2 rings (SSSR count). The van der Waals surface area contributed by atoms with Crippen molar-refractivity contribution >= 4 is 34.6 Å². The van der Waals surface area contributed by atoms with E-state index in [1.807, 2.05) is 24.3 Å². The maximum absolute atomic E-state index is 13.0. The van der Waals surface area contributed by atoms with Crippen molar-refractivity contribution in [3.05, 3.63) is 36.0 Å². The number of nitrogens with one attached hydrogen (secondary N) is 4. The molecule has 7 N–H and O–H groups in total. The Hall–Kier alpha value is -3.40. The zero-order valence-electron chi connectivity index (χ0n) is 17.8. The Morgan fingerprint density at radius 1 is 1.03 bits per heavy atom. The first-order chi connectivity index (χ1) is 14.6. The van der Waals surface area contributed by atoms with E-state index < -0.39 is 41.8 Å². The number of carboxylic acids is 1. The predicted octanol–water partition coefficient (Wildman–Crippen LogP) is -0.116. The van der Waals surface area contributed by atoms with Crippen molar-refractivity contribution in [1.82, 2.24) is 20.9 Å². The number of carbonyl (C=O) groups is 4. The number of amides is 3. The standard InChI is InChI=1S/C21H29N5O5/c1-11(2)18(20(29)24-12(3)21(30)31)26-19(28)16(25-17(27)9-22)8-13-10-23-15-7-5-4-6-14(13)15/h4-7,10-12,16,18,23H,8-9,22H2,1-3H3,(H,24,29)(H,25,27)(H,26,28)(H,30,31). The third-order valence-corrected chi connectivity index (χ3v) is 4.91. The average molecular weight is 431 g/mol. The van der Waals surface area contributed by atoms with Crippen LogP contribution in [0.15, 0.2) is 30.5 Å². The van der Waals surface area contributed by atoms with E-state index in [-0.39, 0.29) is 18.9 Å². The van der Waals surface area contributed by atoms with E-state index in [2.05, 4.69) is 20.9 Å². The van der Waals surface area contributed by atoms with Crippen LogP contribution in [0.25, 0.3) is 10.9 Å². The molecule has 0 aliphatic rings. The molecule has 168 valence electrons. The Labute approximate surface area is 179 Å². The summed E-state index contributed by atoms with van der Waals surface area (Å²) < 4.78 is 0. The number of H-pyrrole nitrogens is 1. The zero-order valence-corrected chi connectivity index (χ0v) is 17.8. The Morgan fingerprint density at radius 2 is 1.71 bits per heavy atom. The molecule has 0 saturated heterocycles. The lowest BCUT2D eigenvalue weighted by Gasteiger charge is -2.26. The SMILES string of the molecule is CC(NC(=O)C(NC(=O)C(Cc1c[nH]c2ccccc12)NC(=O)CN)C(C)C)C(=O)O. The first-order valence-electron chi connectivity index (χ1n) is 10.0. The van der Waals surface area contributed by atoms with Crippen LogP contribution in [-0.4, -0.2) is 58.5 Å². The molecule has 1 aromatic carbocycles. The molecule has 0 fully saturated rings. The summed E-state index contributed by atoms with van der Waals surface area (Å²) in [5.41, 5.74) is 7.11. The van der Waals surface area contributed by atoms with Crippen LogP contribution in [0.5, 0.6) is 0 Å². The number of nitrogens with two attached hydrogens (primary N) is 1. The summed E-state index contributed by atoms with van der Waals surface area (Å²) in [4.78, 5) is 51.6. The number of aromatic nitrogens is 1. The molecule has 0 aliphatic heterocycles. The number of para-hydroxylation sites is 1. The van der Waals surface area contributed by atoms with Crippen LogP contribution in [-0.2, 0) is 25.6 Å². The summed E-state index contributed by atoms with van der Waals surface area (Å²) in [6, 6.07) is 4.50. The molecule has 1 heterocycles. The summed E-state index contributed by atoms with van der Waals surface area (Å²) in [5.74, 6) is -3.19. The van der Waals surface area contributed by atoms with Gasteiger partial charge in [-0.2, -0.15) is 0 Å². The molecule has 31 heavy (non-hydrogen) atoms. The minimum atomic E-state index is -1.19. The normalized spacial score (nSPS) is 14.0. The van der Waals surface area contributed by atoms with E-state index in [1.54, 1.807) is 20.0 Å². The van der Waals surface area contributed by atoms with Gasteiger partial charge in [-0.15, -0.1) is 0 Å². The van der Waals surface area contributed by atoms with Crippen LogP contribution in [0.4, 0.5) is 0 Å². The summed E-state index contributed by atoms with van der Waals surface area (Å²) >= 11 is 0. The summed E-state index contributed by atoms with van der Waals surface area (Å²) in [7, 11) is 0. The third-order valence-electron chi connectivity index (χ3n) is 4.91.